The Morgan fingerprint density at radius 3 is 2.44 bits per heavy atom. The zero-order chi connectivity index (χ0) is 6.91. The van der Waals surface area contributed by atoms with Gasteiger partial charge in [0.05, 0.1) is 0 Å². The minimum atomic E-state index is 0.425. The molecule has 2 heteroatoms. The van der Waals surface area contributed by atoms with Gasteiger partial charge in [-0.2, -0.15) is 0 Å². The second-order valence-corrected chi connectivity index (χ2v) is 3.60. The quantitative estimate of drug-likeness (QED) is 0.409. The molecule has 1 rings (SSSR count). The summed E-state index contributed by atoms with van der Waals surface area (Å²) < 4.78 is 0. The van der Waals surface area contributed by atoms with E-state index in [4.69, 9.17) is 5.84 Å². The summed E-state index contributed by atoms with van der Waals surface area (Å²) in [6, 6.07) is 0.539. The van der Waals surface area contributed by atoms with Gasteiger partial charge in [-0.15, -0.1) is 0 Å². The molecule has 0 radical (unpaired) electrons. The average molecular weight is 128 g/mol. The smallest absolute Gasteiger partial charge is 0.0261 e. The van der Waals surface area contributed by atoms with Gasteiger partial charge in [0.15, 0.2) is 0 Å². The highest BCUT2D eigenvalue weighted by molar-refractivity contribution is 4.88. The standard InChI is InChI=1S/C7H16N2/c1-7(2)5-3-4-6(7)9-8/h6,9H,3-5,8H2,1-2H3/t6-/m1/s1. The van der Waals surface area contributed by atoms with Crippen LogP contribution < -0.4 is 11.3 Å². The highest BCUT2D eigenvalue weighted by Gasteiger charge is 2.33. The molecule has 0 unspecified atom stereocenters. The first-order valence-corrected chi connectivity index (χ1v) is 3.63. The first kappa shape index (κ1) is 7.03. The third-order valence-electron chi connectivity index (χ3n) is 2.46. The van der Waals surface area contributed by atoms with Crippen molar-refractivity contribution in [1.29, 1.82) is 0 Å². The summed E-state index contributed by atoms with van der Waals surface area (Å²) in [6.45, 7) is 4.54. The Kier molecular flexibility index (Phi) is 1.78. The van der Waals surface area contributed by atoms with Crippen LogP contribution in [-0.2, 0) is 0 Å². The normalized spacial score (nSPS) is 33.0. The van der Waals surface area contributed by atoms with Crippen molar-refractivity contribution in [3.8, 4) is 0 Å². The first-order valence-electron chi connectivity index (χ1n) is 3.63. The molecule has 0 amide bonds. The Morgan fingerprint density at radius 1 is 1.56 bits per heavy atom. The van der Waals surface area contributed by atoms with Crippen LogP contribution in [0.2, 0.25) is 0 Å². The van der Waals surface area contributed by atoms with Gasteiger partial charge in [0, 0.05) is 6.04 Å². The topological polar surface area (TPSA) is 38.0 Å². The number of nitrogens with one attached hydrogen (secondary N) is 1. The molecule has 3 N–H and O–H groups in total. The molecule has 0 saturated heterocycles. The molecule has 54 valence electrons. The fourth-order valence-electron chi connectivity index (χ4n) is 1.64. The molecule has 0 aromatic rings. The lowest BCUT2D eigenvalue weighted by Crippen LogP contribution is -2.41. The summed E-state index contributed by atoms with van der Waals surface area (Å²) in [6.07, 6.45) is 3.87. The fourth-order valence-corrected chi connectivity index (χ4v) is 1.64. The van der Waals surface area contributed by atoms with Gasteiger partial charge in [-0.25, -0.2) is 0 Å². The van der Waals surface area contributed by atoms with Crippen molar-refractivity contribution in [3.05, 3.63) is 0 Å². The summed E-state index contributed by atoms with van der Waals surface area (Å²) in [5.74, 6) is 5.36. The molecule has 2 nitrogen and oxygen atoms in total. The molecular formula is C7H16N2. The number of rotatable bonds is 1. The van der Waals surface area contributed by atoms with Gasteiger partial charge >= 0.3 is 0 Å². The number of hydrogen-bond acceptors (Lipinski definition) is 2. The first-order chi connectivity index (χ1) is 4.17. The monoisotopic (exact) mass is 128 g/mol. The van der Waals surface area contributed by atoms with Crippen LogP contribution >= 0.6 is 0 Å². The lowest BCUT2D eigenvalue weighted by atomic mass is 9.88. The van der Waals surface area contributed by atoms with Gasteiger partial charge in [-0.05, 0) is 18.3 Å². The van der Waals surface area contributed by atoms with Crippen molar-refractivity contribution < 1.29 is 0 Å². The molecule has 0 aliphatic heterocycles. The van der Waals surface area contributed by atoms with Crippen molar-refractivity contribution in [2.24, 2.45) is 11.3 Å². The van der Waals surface area contributed by atoms with Gasteiger partial charge in [0.25, 0.3) is 0 Å². The summed E-state index contributed by atoms with van der Waals surface area (Å²) in [7, 11) is 0. The van der Waals surface area contributed by atoms with E-state index >= 15 is 0 Å². The van der Waals surface area contributed by atoms with Crippen LogP contribution in [0.5, 0.6) is 0 Å². The predicted octanol–water partition coefficient (Wildman–Crippen LogP) is 1.03. The summed E-state index contributed by atoms with van der Waals surface area (Å²) in [5.41, 5.74) is 3.28. The van der Waals surface area contributed by atoms with Crippen molar-refractivity contribution in [1.82, 2.24) is 5.43 Å². The molecule has 0 aromatic heterocycles. The second-order valence-electron chi connectivity index (χ2n) is 3.60. The molecule has 1 aliphatic rings. The van der Waals surface area contributed by atoms with Crippen LogP contribution in [0.25, 0.3) is 0 Å². The zero-order valence-corrected chi connectivity index (χ0v) is 6.28. The molecule has 9 heavy (non-hydrogen) atoms. The van der Waals surface area contributed by atoms with Crippen molar-refractivity contribution in [3.63, 3.8) is 0 Å². The zero-order valence-electron chi connectivity index (χ0n) is 6.28. The van der Waals surface area contributed by atoms with Crippen LogP contribution in [0.4, 0.5) is 0 Å². The van der Waals surface area contributed by atoms with E-state index in [1.807, 2.05) is 0 Å². The molecule has 0 spiro atoms. The van der Waals surface area contributed by atoms with E-state index < -0.39 is 0 Å². The largest absolute Gasteiger partial charge is 0.271 e. The second kappa shape index (κ2) is 2.27. The van der Waals surface area contributed by atoms with E-state index in [1.54, 1.807) is 0 Å². The van der Waals surface area contributed by atoms with Gasteiger partial charge in [-0.1, -0.05) is 20.3 Å². The van der Waals surface area contributed by atoms with E-state index in [0.29, 0.717) is 11.5 Å². The van der Waals surface area contributed by atoms with Crippen molar-refractivity contribution in [2.45, 2.75) is 39.2 Å². The third-order valence-corrected chi connectivity index (χ3v) is 2.46. The average Bonchev–Trinajstić information content (AvgIpc) is 2.08. The Morgan fingerprint density at radius 2 is 2.22 bits per heavy atom. The van der Waals surface area contributed by atoms with Gasteiger partial charge < -0.3 is 0 Å². The number of hydrazine groups is 1. The Balaban J connectivity index is 2.52. The van der Waals surface area contributed by atoms with E-state index in [0.717, 1.165) is 0 Å². The maximum atomic E-state index is 5.36. The number of nitrogens with two attached hydrogens (primary N) is 1. The van der Waals surface area contributed by atoms with Crippen LogP contribution in [0.15, 0.2) is 0 Å². The van der Waals surface area contributed by atoms with Gasteiger partial charge in [0.2, 0.25) is 0 Å². The molecule has 0 bridgehead atoms. The Bertz CT molecular complexity index is 99.1. The maximum absolute atomic E-state index is 5.36. The predicted molar refractivity (Wildman–Crippen MR) is 38.7 cm³/mol. The highest BCUT2D eigenvalue weighted by atomic mass is 15.2. The molecule has 0 aromatic carbocycles. The SMILES string of the molecule is CC1(C)CCC[C@H]1NN. The van der Waals surface area contributed by atoms with Crippen LogP contribution in [0, 0.1) is 5.41 Å². The molecule has 0 heterocycles. The third kappa shape index (κ3) is 1.25. The summed E-state index contributed by atoms with van der Waals surface area (Å²) >= 11 is 0. The van der Waals surface area contributed by atoms with E-state index in [2.05, 4.69) is 19.3 Å². The van der Waals surface area contributed by atoms with E-state index in [-0.39, 0.29) is 0 Å². The summed E-state index contributed by atoms with van der Waals surface area (Å²) in [4.78, 5) is 0. The minimum absolute atomic E-state index is 0.425. The molecule has 1 fully saturated rings. The van der Waals surface area contributed by atoms with Crippen LogP contribution in [-0.4, -0.2) is 6.04 Å². The molecule has 1 aliphatic carbocycles. The highest BCUT2D eigenvalue weighted by Crippen LogP contribution is 2.36. The molecule has 1 atom stereocenters. The molecular weight excluding hydrogens is 112 g/mol. The van der Waals surface area contributed by atoms with Crippen LogP contribution in [0.3, 0.4) is 0 Å². The fraction of sp³-hybridized carbons (Fsp3) is 1.00. The van der Waals surface area contributed by atoms with Crippen molar-refractivity contribution in [2.75, 3.05) is 0 Å². The minimum Gasteiger partial charge on any atom is -0.271 e. The Hall–Kier alpha value is -0.0800. The summed E-state index contributed by atoms with van der Waals surface area (Å²) in [5, 5.41) is 0. The Labute approximate surface area is 56.8 Å². The van der Waals surface area contributed by atoms with Gasteiger partial charge in [0.1, 0.15) is 0 Å². The van der Waals surface area contributed by atoms with E-state index in [9.17, 15) is 0 Å². The van der Waals surface area contributed by atoms with Crippen LogP contribution in [0.1, 0.15) is 33.1 Å². The number of hydrogen-bond donors (Lipinski definition) is 2. The lowest BCUT2D eigenvalue weighted by molar-refractivity contribution is 0.287. The van der Waals surface area contributed by atoms with Gasteiger partial charge in [-0.3, -0.25) is 11.3 Å². The van der Waals surface area contributed by atoms with E-state index in [1.165, 1.54) is 19.3 Å². The lowest BCUT2D eigenvalue weighted by Gasteiger charge is -2.25. The maximum Gasteiger partial charge on any atom is 0.0261 e. The molecule has 1 saturated carbocycles. The van der Waals surface area contributed by atoms with Crippen molar-refractivity contribution >= 4 is 0 Å².